The SMILES string of the molecule is Cc1cc(C)n(-c2nnc(SCC(=O)Nc3cccc(Cl)c3C)n2N)n1. The first kappa shape index (κ1) is 18.3. The molecule has 0 aliphatic carbocycles. The number of nitrogens with one attached hydrogen (secondary N) is 1. The van der Waals surface area contributed by atoms with Crippen LogP contribution in [0.4, 0.5) is 5.69 Å². The number of hydrogen-bond acceptors (Lipinski definition) is 6. The summed E-state index contributed by atoms with van der Waals surface area (Å²) in [7, 11) is 0. The molecule has 3 N–H and O–H groups in total. The van der Waals surface area contributed by atoms with E-state index < -0.39 is 0 Å². The number of carbonyl (C=O) groups excluding carboxylic acids is 1. The molecule has 1 aromatic carbocycles. The van der Waals surface area contributed by atoms with Gasteiger partial charge >= 0.3 is 0 Å². The number of rotatable bonds is 5. The van der Waals surface area contributed by atoms with E-state index in [-0.39, 0.29) is 11.7 Å². The van der Waals surface area contributed by atoms with Crippen LogP contribution >= 0.6 is 23.4 Å². The largest absolute Gasteiger partial charge is 0.334 e. The van der Waals surface area contributed by atoms with Gasteiger partial charge in [0.15, 0.2) is 0 Å². The van der Waals surface area contributed by atoms with E-state index in [0.717, 1.165) is 17.0 Å². The highest BCUT2D eigenvalue weighted by Gasteiger charge is 2.16. The summed E-state index contributed by atoms with van der Waals surface area (Å²) in [6.45, 7) is 5.64. The van der Waals surface area contributed by atoms with Crippen LogP contribution in [0.25, 0.3) is 5.95 Å². The van der Waals surface area contributed by atoms with E-state index >= 15 is 0 Å². The van der Waals surface area contributed by atoms with Crippen LogP contribution in [0.5, 0.6) is 0 Å². The third-order valence-electron chi connectivity index (χ3n) is 3.72. The number of hydrogen-bond donors (Lipinski definition) is 2. The third-order valence-corrected chi connectivity index (χ3v) is 5.07. The molecule has 8 nitrogen and oxygen atoms in total. The van der Waals surface area contributed by atoms with Crippen LogP contribution in [0.15, 0.2) is 29.4 Å². The lowest BCUT2D eigenvalue weighted by Crippen LogP contribution is -2.19. The second kappa shape index (κ2) is 7.38. The van der Waals surface area contributed by atoms with Gasteiger partial charge in [-0.15, -0.1) is 10.2 Å². The van der Waals surface area contributed by atoms with E-state index in [9.17, 15) is 4.79 Å². The monoisotopic (exact) mass is 391 g/mol. The smallest absolute Gasteiger partial charge is 0.271 e. The van der Waals surface area contributed by atoms with Gasteiger partial charge in [0, 0.05) is 16.4 Å². The first-order chi connectivity index (χ1) is 12.4. The molecule has 0 saturated carbocycles. The quantitative estimate of drug-likeness (QED) is 0.511. The molecule has 10 heteroatoms. The van der Waals surface area contributed by atoms with Crippen LogP contribution in [0.3, 0.4) is 0 Å². The van der Waals surface area contributed by atoms with Crippen LogP contribution in [-0.2, 0) is 4.79 Å². The molecule has 136 valence electrons. The maximum atomic E-state index is 12.2. The van der Waals surface area contributed by atoms with Crippen molar-refractivity contribution in [3.63, 3.8) is 0 Å². The number of nitrogens with two attached hydrogens (primary N) is 1. The minimum absolute atomic E-state index is 0.137. The topological polar surface area (TPSA) is 104 Å². The molecule has 0 radical (unpaired) electrons. The average molecular weight is 392 g/mol. The van der Waals surface area contributed by atoms with E-state index in [2.05, 4.69) is 20.6 Å². The number of amides is 1. The summed E-state index contributed by atoms with van der Waals surface area (Å²) < 4.78 is 2.93. The van der Waals surface area contributed by atoms with Gasteiger partial charge in [-0.3, -0.25) is 4.79 Å². The fourth-order valence-corrected chi connectivity index (χ4v) is 3.23. The number of nitrogens with zero attached hydrogens (tertiary/aromatic N) is 5. The lowest BCUT2D eigenvalue weighted by Gasteiger charge is -2.09. The zero-order valence-electron chi connectivity index (χ0n) is 14.5. The number of carbonyl (C=O) groups is 1. The molecule has 2 aromatic heterocycles. The minimum Gasteiger partial charge on any atom is -0.334 e. The van der Waals surface area contributed by atoms with Gasteiger partial charge < -0.3 is 11.2 Å². The van der Waals surface area contributed by atoms with Crippen LogP contribution in [-0.4, -0.2) is 36.3 Å². The molecule has 0 bridgehead atoms. The van der Waals surface area contributed by atoms with Crippen LogP contribution in [0.2, 0.25) is 5.02 Å². The predicted octanol–water partition coefficient (Wildman–Crippen LogP) is 2.49. The van der Waals surface area contributed by atoms with E-state index in [4.69, 9.17) is 17.4 Å². The molecule has 3 rings (SSSR count). The molecule has 3 aromatic rings. The number of benzene rings is 1. The van der Waals surface area contributed by atoms with E-state index in [1.165, 1.54) is 16.4 Å². The summed E-state index contributed by atoms with van der Waals surface area (Å²) in [6.07, 6.45) is 0. The molecule has 2 heterocycles. The summed E-state index contributed by atoms with van der Waals surface area (Å²) >= 11 is 7.25. The van der Waals surface area contributed by atoms with E-state index in [0.29, 0.717) is 21.8 Å². The molecule has 0 saturated heterocycles. The Morgan fingerprint density at radius 1 is 1.31 bits per heavy atom. The molecule has 0 unspecified atom stereocenters. The maximum absolute atomic E-state index is 12.2. The van der Waals surface area contributed by atoms with Crippen molar-refractivity contribution in [2.75, 3.05) is 16.9 Å². The first-order valence-corrected chi connectivity index (χ1v) is 9.15. The molecular weight excluding hydrogens is 374 g/mol. The van der Waals surface area contributed by atoms with Crippen molar-refractivity contribution in [3.8, 4) is 5.95 Å². The Labute approximate surface area is 159 Å². The highest BCUT2D eigenvalue weighted by atomic mass is 35.5. The van der Waals surface area contributed by atoms with Gasteiger partial charge in [-0.25, -0.2) is 9.36 Å². The van der Waals surface area contributed by atoms with Gasteiger partial charge in [-0.1, -0.05) is 29.4 Å². The second-order valence-corrected chi connectivity index (χ2v) is 7.09. The summed E-state index contributed by atoms with van der Waals surface area (Å²) in [5.74, 6) is 6.40. The van der Waals surface area contributed by atoms with E-state index in [1.807, 2.05) is 26.8 Å². The van der Waals surface area contributed by atoms with Crippen LogP contribution in [0, 0.1) is 20.8 Å². The summed E-state index contributed by atoms with van der Waals surface area (Å²) in [4.78, 5) is 12.2. The molecule has 0 fully saturated rings. The maximum Gasteiger partial charge on any atom is 0.271 e. The Balaban J connectivity index is 1.68. The Kier molecular flexibility index (Phi) is 5.19. The fraction of sp³-hybridized carbons (Fsp3) is 0.250. The minimum atomic E-state index is -0.184. The lowest BCUT2D eigenvalue weighted by atomic mass is 10.2. The molecule has 26 heavy (non-hydrogen) atoms. The predicted molar refractivity (Wildman–Crippen MR) is 102 cm³/mol. The Bertz CT molecular complexity index is 966. The van der Waals surface area contributed by atoms with Gasteiger partial charge in [0.2, 0.25) is 11.1 Å². The Morgan fingerprint density at radius 2 is 2.08 bits per heavy atom. The number of aryl methyl sites for hydroxylation is 2. The second-order valence-electron chi connectivity index (χ2n) is 5.74. The third kappa shape index (κ3) is 3.68. The van der Waals surface area contributed by atoms with Crippen molar-refractivity contribution >= 4 is 35.0 Å². The van der Waals surface area contributed by atoms with Crippen LogP contribution in [0.1, 0.15) is 17.0 Å². The molecule has 0 spiro atoms. The molecule has 0 aliphatic rings. The first-order valence-electron chi connectivity index (χ1n) is 7.78. The normalized spacial score (nSPS) is 10.9. The van der Waals surface area contributed by atoms with Gasteiger partial charge in [-0.05, 0) is 44.5 Å². The van der Waals surface area contributed by atoms with Crippen molar-refractivity contribution in [3.05, 3.63) is 46.2 Å². The van der Waals surface area contributed by atoms with Crippen molar-refractivity contribution < 1.29 is 4.79 Å². The fourth-order valence-electron chi connectivity index (χ4n) is 2.40. The highest BCUT2D eigenvalue weighted by molar-refractivity contribution is 7.99. The highest BCUT2D eigenvalue weighted by Crippen LogP contribution is 2.23. The van der Waals surface area contributed by atoms with Crippen molar-refractivity contribution in [1.29, 1.82) is 0 Å². The molecule has 1 amide bonds. The number of anilines is 1. The zero-order chi connectivity index (χ0) is 18.8. The lowest BCUT2D eigenvalue weighted by molar-refractivity contribution is -0.113. The summed E-state index contributed by atoms with van der Waals surface area (Å²) in [5, 5.41) is 16.3. The summed E-state index contributed by atoms with van der Waals surface area (Å²) in [6, 6.07) is 7.28. The Hall–Kier alpha value is -2.52. The average Bonchev–Trinajstić information content (AvgIpc) is 3.11. The zero-order valence-corrected chi connectivity index (χ0v) is 16.1. The van der Waals surface area contributed by atoms with Crippen molar-refractivity contribution in [1.82, 2.24) is 24.7 Å². The molecular formula is C16H18ClN7OS. The van der Waals surface area contributed by atoms with E-state index in [1.54, 1.807) is 22.9 Å². The van der Waals surface area contributed by atoms with Crippen molar-refractivity contribution in [2.24, 2.45) is 0 Å². The van der Waals surface area contributed by atoms with Crippen LogP contribution < -0.4 is 11.2 Å². The summed E-state index contributed by atoms with van der Waals surface area (Å²) in [5.41, 5.74) is 3.25. The Morgan fingerprint density at radius 3 is 2.77 bits per heavy atom. The molecule has 0 aliphatic heterocycles. The van der Waals surface area contributed by atoms with Gasteiger partial charge in [-0.2, -0.15) is 5.10 Å². The van der Waals surface area contributed by atoms with Gasteiger partial charge in [0.25, 0.3) is 5.95 Å². The number of halogens is 1. The number of thioether (sulfide) groups is 1. The van der Waals surface area contributed by atoms with Gasteiger partial charge in [0.05, 0.1) is 11.4 Å². The molecule has 0 atom stereocenters. The van der Waals surface area contributed by atoms with Crippen molar-refractivity contribution in [2.45, 2.75) is 25.9 Å². The van der Waals surface area contributed by atoms with Gasteiger partial charge in [0.1, 0.15) is 0 Å². The number of aromatic nitrogens is 5. The standard InChI is InChI=1S/C16H18ClN7OS/c1-9-7-10(2)24(22-9)15-20-21-16(23(15)18)26-8-14(25)19-13-6-4-5-12(17)11(13)3/h4-7H,8,18H2,1-3H3,(H,19,25). The number of nitrogen functional groups attached to an aromatic ring is 1.